The van der Waals surface area contributed by atoms with Crippen LogP contribution in [0, 0.1) is 0 Å². The molecule has 4 heteroatoms. The molecule has 0 saturated carbocycles. The van der Waals surface area contributed by atoms with Gasteiger partial charge in [-0.1, -0.05) is 42.5 Å². The van der Waals surface area contributed by atoms with E-state index in [0.29, 0.717) is 4.88 Å². The van der Waals surface area contributed by atoms with E-state index in [1.165, 1.54) is 18.4 Å². The first-order chi connectivity index (χ1) is 10.7. The number of thiophene rings is 1. The standard InChI is InChI=1S/C18H14O3S/c1-21-18(20)10-16(19)17-9-13(11-22-17)15-8-4-6-12-5-2-3-7-14(12)15/h2-9,11H,10H2,1H3. The lowest BCUT2D eigenvalue weighted by molar-refractivity contribution is -0.139. The maximum Gasteiger partial charge on any atom is 0.313 e. The van der Waals surface area contributed by atoms with Crippen LogP contribution in [-0.2, 0) is 9.53 Å². The molecular weight excluding hydrogens is 296 g/mol. The Labute approximate surface area is 132 Å². The number of ketones is 1. The lowest BCUT2D eigenvalue weighted by Gasteiger charge is -2.04. The molecule has 0 N–H and O–H groups in total. The molecule has 3 nitrogen and oxygen atoms in total. The van der Waals surface area contributed by atoms with Crippen molar-refractivity contribution in [3.63, 3.8) is 0 Å². The van der Waals surface area contributed by atoms with Crippen molar-refractivity contribution in [2.45, 2.75) is 6.42 Å². The number of fused-ring (bicyclic) bond motifs is 1. The van der Waals surface area contributed by atoms with Crippen LogP contribution in [0.2, 0.25) is 0 Å². The largest absolute Gasteiger partial charge is 0.469 e. The summed E-state index contributed by atoms with van der Waals surface area (Å²) in [6.07, 6.45) is -0.216. The predicted molar refractivity (Wildman–Crippen MR) is 88.2 cm³/mol. The highest BCUT2D eigenvalue weighted by molar-refractivity contribution is 7.12. The lowest BCUT2D eigenvalue weighted by Crippen LogP contribution is -2.08. The van der Waals surface area contributed by atoms with Crippen molar-refractivity contribution in [1.82, 2.24) is 0 Å². The van der Waals surface area contributed by atoms with Crippen LogP contribution in [0.5, 0.6) is 0 Å². The molecule has 0 radical (unpaired) electrons. The Bertz CT molecular complexity index is 843. The summed E-state index contributed by atoms with van der Waals surface area (Å²) in [4.78, 5) is 23.8. The van der Waals surface area contributed by atoms with Crippen molar-refractivity contribution in [3.05, 3.63) is 58.8 Å². The Kier molecular flexibility index (Phi) is 4.02. The summed E-state index contributed by atoms with van der Waals surface area (Å²) in [5.41, 5.74) is 2.08. The SMILES string of the molecule is COC(=O)CC(=O)c1cc(-c2cccc3ccccc23)cs1. The van der Waals surface area contributed by atoms with Gasteiger partial charge in [0.15, 0.2) is 5.78 Å². The maximum absolute atomic E-state index is 12.0. The molecule has 0 aliphatic rings. The number of methoxy groups -OCH3 is 1. The van der Waals surface area contributed by atoms with Crippen LogP contribution in [0.25, 0.3) is 21.9 Å². The predicted octanol–water partition coefficient (Wildman–Crippen LogP) is 4.31. The van der Waals surface area contributed by atoms with Gasteiger partial charge in [0, 0.05) is 0 Å². The summed E-state index contributed by atoms with van der Waals surface area (Å²) < 4.78 is 4.54. The van der Waals surface area contributed by atoms with Crippen molar-refractivity contribution in [2.24, 2.45) is 0 Å². The zero-order valence-corrected chi connectivity index (χ0v) is 12.9. The molecule has 110 valence electrons. The van der Waals surface area contributed by atoms with Gasteiger partial charge in [0.1, 0.15) is 6.42 Å². The second kappa shape index (κ2) is 6.12. The molecule has 0 fully saturated rings. The van der Waals surface area contributed by atoms with Crippen LogP contribution in [0.15, 0.2) is 53.9 Å². The number of carbonyl (C=O) groups is 2. The maximum atomic E-state index is 12.0. The summed E-state index contributed by atoms with van der Waals surface area (Å²) >= 11 is 1.36. The van der Waals surface area contributed by atoms with Crippen molar-refractivity contribution < 1.29 is 14.3 Å². The van der Waals surface area contributed by atoms with Crippen molar-refractivity contribution in [1.29, 1.82) is 0 Å². The summed E-state index contributed by atoms with van der Waals surface area (Å²) in [5, 5.41) is 4.26. The van der Waals surface area contributed by atoms with Crippen LogP contribution in [0.4, 0.5) is 0 Å². The van der Waals surface area contributed by atoms with Gasteiger partial charge in [0.25, 0.3) is 0 Å². The number of Topliss-reactive ketones (excluding diaryl/α,β-unsaturated/α-hetero) is 1. The fourth-order valence-electron chi connectivity index (χ4n) is 2.39. The highest BCUT2D eigenvalue weighted by Crippen LogP contribution is 2.32. The normalized spacial score (nSPS) is 10.6. The topological polar surface area (TPSA) is 43.4 Å². The van der Waals surface area contributed by atoms with Crippen molar-refractivity contribution >= 4 is 33.9 Å². The van der Waals surface area contributed by atoms with E-state index in [0.717, 1.165) is 21.9 Å². The van der Waals surface area contributed by atoms with E-state index in [2.05, 4.69) is 22.9 Å². The van der Waals surface area contributed by atoms with Gasteiger partial charge < -0.3 is 4.74 Å². The lowest BCUT2D eigenvalue weighted by atomic mass is 10.00. The summed E-state index contributed by atoms with van der Waals surface area (Å²) in [5.74, 6) is -0.714. The number of hydrogen-bond acceptors (Lipinski definition) is 4. The third-order valence-corrected chi connectivity index (χ3v) is 4.48. The van der Waals surface area contributed by atoms with Crippen molar-refractivity contribution in [3.8, 4) is 11.1 Å². The molecule has 3 rings (SSSR count). The number of hydrogen-bond donors (Lipinski definition) is 0. The highest BCUT2D eigenvalue weighted by atomic mass is 32.1. The molecule has 0 aliphatic carbocycles. The Morgan fingerprint density at radius 3 is 2.68 bits per heavy atom. The van der Waals surface area contributed by atoms with Crippen LogP contribution >= 0.6 is 11.3 Å². The molecule has 0 amide bonds. The molecule has 2 aromatic carbocycles. The first kappa shape index (κ1) is 14.5. The fraction of sp³-hybridized carbons (Fsp3) is 0.111. The Morgan fingerprint density at radius 1 is 1.09 bits per heavy atom. The van der Waals surface area contributed by atoms with Gasteiger partial charge in [-0.3, -0.25) is 9.59 Å². The minimum atomic E-state index is -0.509. The highest BCUT2D eigenvalue weighted by Gasteiger charge is 2.15. The third kappa shape index (κ3) is 2.78. The molecule has 3 aromatic rings. The second-order valence-electron chi connectivity index (χ2n) is 4.90. The minimum absolute atomic E-state index is 0.205. The first-order valence-corrected chi connectivity index (χ1v) is 7.73. The quantitative estimate of drug-likeness (QED) is 0.409. The van der Waals surface area contributed by atoms with Gasteiger partial charge in [0.05, 0.1) is 12.0 Å². The molecule has 0 saturated heterocycles. The monoisotopic (exact) mass is 310 g/mol. The van der Waals surface area contributed by atoms with Crippen LogP contribution < -0.4 is 0 Å². The number of rotatable bonds is 4. The number of esters is 1. The smallest absolute Gasteiger partial charge is 0.313 e. The Hall–Kier alpha value is -2.46. The van der Waals surface area contributed by atoms with Gasteiger partial charge in [-0.25, -0.2) is 0 Å². The van der Waals surface area contributed by atoms with E-state index in [1.54, 1.807) is 0 Å². The zero-order chi connectivity index (χ0) is 15.5. The molecule has 1 heterocycles. The summed E-state index contributed by atoms with van der Waals surface area (Å²) in [6.45, 7) is 0. The Balaban J connectivity index is 1.96. The number of benzene rings is 2. The van der Waals surface area contributed by atoms with Gasteiger partial charge >= 0.3 is 5.97 Å². The minimum Gasteiger partial charge on any atom is -0.469 e. The van der Waals surface area contributed by atoms with E-state index in [-0.39, 0.29) is 12.2 Å². The van der Waals surface area contributed by atoms with E-state index < -0.39 is 5.97 Å². The average molecular weight is 310 g/mol. The van der Waals surface area contributed by atoms with E-state index in [4.69, 9.17) is 0 Å². The van der Waals surface area contributed by atoms with E-state index >= 15 is 0 Å². The molecule has 22 heavy (non-hydrogen) atoms. The number of carbonyl (C=O) groups excluding carboxylic acids is 2. The van der Waals surface area contributed by atoms with Crippen LogP contribution in [0.1, 0.15) is 16.1 Å². The summed E-state index contributed by atoms with van der Waals surface area (Å²) in [6, 6.07) is 16.1. The van der Waals surface area contributed by atoms with Crippen LogP contribution in [-0.4, -0.2) is 18.9 Å². The molecule has 0 spiro atoms. The van der Waals surface area contributed by atoms with E-state index in [1.807, 2.05) is 35.7 Å². The van der Waals surface area contributed by atoms with Gasteiger partial charge in [0.2, 0.25) is 0 Å². The van der Waals surface area contributed by atoms with E-state index in [9.17, 15) is 9.59 Å². The molecule has 0 atom stereocenters. The molecule has 0 unspecified atom stereocenters. The second-order valence-corrected chi connectivity index (χ2v) is 5.81. The molecular formula is C18H14O3S. The van der Waals surface area contributed by atoms with Crippen LogP contribution in [0.3, 0.4) is 0 Å². The average Bonchev–Trinajstić information content (AvgIpc) is 3.04. The zero-order valence-electron chi connectivity index (χ0n) is 12.0. The van der Waals surface area contributed by atoms with Gasteiger partial charge in [-0.15, -0.1) is 11.3 Å². The molecule has 1 aromatic heterocycles. The summed E-state index contributed by atoms with van der Waals surface area (Å²) in [7, 11) is 1.28. The number of ether oxygens (including phenoxy) is 1. The van der Waals surface area contributed by atoms with Gasteiger partial charge in [-0.2, -0.15) is 0 Å². The Morgan fingerprint density at radius 2 is 1.86 bits per heavy atom. The third-order valence-electron chi connectivity index (χ3n) is 3.51. The van der Waals surface area contributed by atoms with Gasteiger partial charge in [-0.05, 0) is 33.3 Å². The van der Waals surface area contributed by atoms with Crippen molar-refractivity contribution in [2.75, 3.05) is 7.11 Å². The fourth-order valence-corrected chi connectivity index (χ4v) is 3.24. The first-order valence-electron chi connectivity index (χ1n) is 6.85. The molecule has 0 aliphatic heterocycles. The molecule has 0 bridgehead atoms.